The molecule has 0 unspecified atom stereocenters. The molecule has 1 heterocycles. The SMILES string of the molecule is Cc1ccc([C@H](C)NCC(=O)Nc2ccc(Cl)c(C)c2)cn1. The average molecular weight is 318 g/mol. The van der Waals surface area contributed by atoms with E-state index in [1.165, 1.54) is 0 Å². The van der Waals surface area contributed by atoms with E-state index in [4.69, 9.17) is 11.6 Å². The van der Waals surface area contributed by atoms with Crippen LogP contribution in [-0.2, 0) is 4.79 Å². The Morgan fingerprint density at radius 1 is 1.27 bits per heavy atom. The van der Waals surface area contributed by atoms with Gasteiger partial charge in [0.25, 0.3) is 0 Å². The summed E-state index contributed by atoms with van der Waals surface area (Å²) in [5.41, 5.74) is 3.72. The molecule has 1 aromatic heterocycles. The number of rotatable bonds is 5. The monoisotopic (exact) mass is 317 g/mol. The first-order chi connectivity index (χ1) is 10.5. The number of amides is 1. The van der Waals surface area contributed by atoms with Crippen LogP contribution in [0.15, 0.2) is 36.5 Å². The lowest BCUT2D eigenvalue weighted by Gasteiger charge is -2.14. The summed E-state index contributed by atoms with van der Waals surface area (Å²) in [4.78, 5) is 16.2. The number of benzene rings is 1. The quantitative estimate of drug-likeness (QED) is 0.885. The molecule has 0 radical (unpaired) electrons. The van der Waals surface area contributed by atoms with Crippen LogP contribution in [0.4, 0.5) is 5.69 Å². The van der Waals surface area contributed by atoms with Gasteiger partial charge >= 0.3 is 0 Å². The molecule has 1 amide bonds. The van der Waals surface area contributed by atoms with Crippen molar-refractivity contribution in [3.8, 4) is 0 Å². The third-order valence-electron chi connectivity index (χ3n) is 3.44. The number of carbonyl (C=O) groups is 1. The molecule has 0 fully saturated rings. The van der Waals surface area contributed by atoms with Gasteiger partial charge in [0.1, 0.15) is 0 Å². The first kappa shape index (κ1) is 16.5. The molecule has 116 valence electrons. The highest BCUT2D eigenvalue weighted by molar-refractivity contribution is 6.31. The Kier molecular flexibility index (Phi) is 5.52. The van der Waals surface area contributed by atoms with Gasteiger partial charge in [-0.3, -0.25) is 9.78 Å². The first-order valence-electron chi connectivity index (χ1n) is 7.17. The summed E-state index contributed by atoms with van der Waals surface area (Å²) in [5.74, 6) is -0.0892. The van der Waals surface area contributed by atoms with E-state index in [1.807, 2.05) is 45.2 Å². The Morgan fingerprint density at radius 3 is 2.68 bits per heavy atom. The molecule has 0 bridgehead atoms. The number of carbonyl (C=O) groups excluding carboxylic acids is 1. The molecule has 0 saturated heterocycles. The van der Waals surface area contributed by atoms with Crippen molar-refractivity contribution in [2.24, 2.45) is 0 Å². The average Bonchev–Trinajstić information content (AvgIpc) is 2.49. The van der Waals surface area contributed by atoms with Crippen molar-refractivity contribution >= 4 is 23.2 Å². The summed E-state index contributed by atoms with van der Waals surface area (Å²) in [6.45, 7) is 6.09. The molecule has 0 aliphatic carbocycles. The zero-order valence-corrected chi connectivity index (χ0v) is 13.7. The summed E-state index contributed by atoms with van der Waals surface area (Å²) in [6.07, 6.45) is 1.83. The largest absolute Gasteiger partial charge is 0.325 e. The van der Waals surface area contributed by atoms with Gasteiger partial charge in [0, 0.05) is 28.6 Å². The molecule has 0 saturated carbocycles. The minimum Gasteiger partial charge on any atom is -0.325 e. The Hall–Kier alpha value is -1.91. The maximum atomic E-state index is 12.0. The van der Waals surface area contributed by atoms with E-state index in [-0.39, 0.29) is 18.5 Å². The van der Waals surface area contributed by atoms with Crippen molar-refractivity contribution in [1.82, 2.24) is 10.3 Å². The van der Waals surface area contributed by atoms with E-state index in [0.29, 0.717) is 5.02 Å². The molecule has 1 aromatic carbocycles. The molecule has 5 heteroatoms. The molecule has 2 aromatic rings. The second kappa shape index (κ2) is 7.38. The van der Waals surface area contributed by atoms with Crippen LogP contribution >= 0.6 is 11.6 Å². The topological polar surface area (TPSA) is 54.0 Å². The maximum Gasteiger partial charge on any atom is 0.238 e. The number of pyridine rings is 1. The second-order valence-corrected chi connectivity index (χ2v) is 5.75. The number of nitrogens with one attached hydrogen (secondary N) is 2. The van der Waals surface area contributed by atoms with Crippen LogP contribution in [0.2, 0.25) is 5.02 Å². The second-order valence-electron chi connectivity index (χ2n) is 5.35. The molecular weight excluding hydrogens is 298 g/mol. The van der Waals surface area contributed by atoms with E-state index in [2.05, 4.69) is 15.6 Å². The van der Waals surface area contributed by atoms with Gasteiger partial charge in [-0.2, -0.15) is 0 Å². The third-order valence-corrected chi connectivity index (χ3v) is 3.87. The van der Waals surface area contributed by atoms with Crippen LogP contribution in [0.3, 0.4) is 0 Å². The van der Waals surface area contributed by atoms with Crippen molar-refractivity contribution < 1.29 is 4.79 Å². The number of aromatic nitrogens is 1. The Bertz CT molecular complexity index is 655. The first-order valence-corrected chi connectivity index (χ1v) is 7.55. The maximum absolute atomic E-state index is 12.0. The fraction of sp³-hybridized carbons (Fsp3) is 0.294. The fourth-order valence-electron chi connectivity index (χ4n) is 2.03. The molecule has 22 heavy (non-hydrogen) atoms. The Labute approximate surface area is 135 Å². The van der Waals surface area contributed by atoms with E-state index in [1.54, 1.807) is 12.1 Å². The smallest absolute Gasteiger partial charge is 0.238 e. The van der Waals surface area contributed by atoms with Crippen molar-refractivity contribution in [1.29, 1.82) is 0 Å². The zero-order chi connectivity index (χ0) is 16.1. The molecule has 4 nitrogen and oxygen atoms in total. The summed E-state index contributed by atoms with van der Waals surface area (Å²) in [6, 6.07) is 9.46. The lowest BCUT2D eigenvalue weighted by Crippen LogP contribution is -2.30. The highest BCUT2D eigenvalue weighted by Crippen LogP contribution is 2.19. The summed E-state index contributed by atoms with van der Waals surface area (Å²) < 4.78 is 0. The van der Waals surface area contributed by atoms with E-state index in [9.17, 15) is 4.79 Å². The molecular formula is C17H20ClN3O. The minimum atomic E-state index is -0.0892. The molecule has 0 aliphatic heterocycles. The molecule has 0 spiro atoms. The highest BCUT2D eigenvalue weighted by atomic mass is 35.5. The third kappa shape index (κ3) is 4.55. The lowest BCUT2D eigenvalue weighted by molar-refractivity contribution is -0.115. The normalized spacial score (nSPS) is 12.0. The minimum absolute atomic E-state index is 0.0609. The van der Waals surface area contributed by atoms with Crippen LogP contribution < -0.4 is 10.6 Å². The van der Waals surface area contributed by atoms with Crippen LogP contribution in [0.25, 0.3) is 0 Å². The van der Waals surface area contributed by atoms with Gasteiger partial charge in [-0.15, -0.1) is 0 Å². The van der Waals surface area contributed by atoms with Gasteiger partial charge in [0.15, 0.2) is 0 Å². The summed E-state index contributed by atoms with van der Waals surface area (Å²) in [5, 5.41) is 6.73. The van der Waals surface area contributed by atoms with Crippen LogP contribution in [0.5, 0.6) is 0 Å². The predicted molar refractivity (Wildman–Crippen MR) is 90.2 cm³/mol. The summed E-state index contributed by atoms with van der Waals surface area (Å²) in [7, 11) is 0. The van der Waals surface area contributed by atoms with Gasteiger partial charge in [-0.05, 0) is 56.2 Å². The van der Waals surface area contributed by atoms with E-state index < -0.39 is 0 Å². The van der Waals surface area contributed by atoms with Crippen LogP contribution in [0.1, 0.15) is 29.8 Å². The number of hydrogen-bond donors (Lipinski definition) is 2. The number of nitrogens with zero attached hydrogens (tertiary/aromatic N) is 1. The van der Waals surface area contributed by atoms with Crippen molar-refractivity contribution in [3.63, 3.8) is 0 Å². The van der Waals surface area contributed by atoms with Crippen molar-refractivity contribution in [2.75, 3.05) is 11.9 Å². The molecule has 1 atom stereocenters. The molecule has 0 aliphatic rings. The Morgan fingerprint density at radius 2 is 2.05 bits per heavy atom. The van der Waals surface area contributed by atoms with Gasteiger partial charge < -0.3 is 10.6 Å². The van der Waals surface area contributed by atoms with E-state index >= 15 is 0 Å². The number of anilines is 1. The molecule has 2 rings (SSSR count). The zero-order valence-electron chi connectivity index (χ0n) is 13.0. The number of halogens is 1. The number of aryl methyl sites for hydroxylation is 2. The number of hydrogen-bond acceptors (Lipinski definition) is 3. The highest BCUT2D eigenvalue weighted by Gasteiger charge is 2.08. The van der Waals surface area contributed by atoms with E-state index in [0.717, 1.165) is 22.5 Å². The lowest BCUT2D eigenvalue weighted by atomic mass is 10.1. The standard InChI is InChI=1S/C17H20ClN3O/c1-11-8-15(6-7-16(11)18)21-17(22)10-20-13(3)14-5-4-12(2)19-9-14/h4-9,13,20H,10H2,1-3H3,(H,21,22)/t13-/m0/s1. The van der Waals surface area contributed by atoms with Crippen molar-refractivity contribution in [3.05, 3.63) is 58.4 Å². The van der Waals surface area contributed by atoms with Gasteiger partial charge in [0.2, 0.25) is 5.91 Å². The summed E-state index contributed by atoms with van der Waals surface area (Å²) >= 11 is 5.97. The Balaban J connectivity index is 1.86. The van der Waals surface area contributed by atoms with Crippen LogP contribution in [0, 0.1) is 13.8 Å². The predicted octanol–water partition coefficient (Wildman–Crippen LogP) is 3.64. The van der Waals surface area contributed by atoms with Gasteiger partial charge in [-0.25, -0.2) is 0 Å². The fourth-order valence-corrected chi connectivity index (χ4v) is 2.14. The van der Waals surface area contributed by atoms with Gasteiger partial charge in [0.05, 0.1) is 6.54 Å². The van der Waals surface area contributed by atoms with Crippen LogP contribution in [-0.4, -0.2) is 17.4 Å². The molecule has 2 N–H and O–H groups in total. The van der Waals surface area contributed by atoms with Crippen molar-refractivity contribution in [2.45, 2.75) is 26.8 Å². The van der Waals surface area contributed by atoms with Gasteiger partial charge in [-0.1, -0.05) is 17.7 Å².